The number of aromatic nitrogens is 1. The molecule has 0 aliphatic rings. The van der Waals surface area contributed by atoms with Gasteiger partial charge in [0.15, 0.2) is 0 Å². The van der Waals surface area contributed by atoms with Gasteiger partial charge in [-0.25, -0.2) is 0 Å². The van der Waals surface area contributed by atoms with E-state index in [1.807, 2.05) is 12.1 Å². The van der Waals surface area contributed by atoms with Gasteiger partial charge in [0.2, 0.25) is 0 Å². The first-order valence-corrected chi connectivity index (χ1v) is 4.72. The van der Waals surface area contributed by atoms with Gasteiger partial charge in [-0.2, -0.15) is 0 Å². The normalized spacial score (nSPS) is 10.8. The number of H-pyrrole nitrogens is 1. The Labute approximate surface area is 79.0 Å². The molecule has 2 rings (SSSR count). The molecule has 0 fully saturated rings. The molecule has 0 radical (unpaired) electrons. The second-order valence-corrected chi connectivity index (χ2v) is 3.90. The van der Waals surface area contributed by atoms with E-state index in [2.05, 4.69) is 4.98 Å². The molecular formula is C9H9NO2S. The molecule has 0 aliphatic heterocycles. The van der Waals surface area contributed by atoms with Crippen LogP contribution in [0.5, 0.6) is 0 Å². The topological polar surface area (TPSA) is 42.1 Å². The van der Waals surface area contributed by atoms with Crippen LogP contribution in [0.2, 0.25) is 0 Å². The number of fused-ring (bicyclic) bond motifs is 1. The lowest BCUT2D eigenvalue weighted by molar-refractivity contribution is 0.187. The summed E-state index contributed by atoms with van der Waals surface area (Å²) < 4.78 is 6.01. The number of thiophene rings is 1. The van der Waals surface area contributed by atoms with Crippen molar-refractivity contribution in [3.63, 3.8) is 0 Å². The molecular weight excluding hydrogens is 186 g/mol. The quantitative estimate of drug-likeness (QED) is 0.793. The number of hydrogen-bond donors (Lipinski definition) is 1. The minimum atomic E-state index is -0.0314. The van der Waals surface area contributed by atoms with Crippen LogP contribution in [-0.4, -0.2) is 12.1 Å². The van der Waals surface area contributed by atoms with E-state index in [1.165, 1.54) is 0 Å². The fourth-order valence-corrected chi connectivity index (χ4v) is 2.28. The Kier molecular flexibility index (Phi) is 2.16. The van der Waals surface area contributed by atoms with E-state index in [9.17, 15) is 4.79 Å². The molecule has 3 nitrogen and oxygen atoms in total. The summed E-state index contributed by atoms with van der Waals surface area (Å²) in [7, 11) is 1.65. The minimum absolute atomic E-state index is 0.0314. The highest BCUT2D eigenvalue weighted by atomic mass is 32.1. The van der Waals surface area contributed by atoms with Crippen molar-refractivity contribution in [1.82, 2.24) is 4.98 Å². The number of ether oxygens (including phenoxy) is 1. The van der Waals surface area contributed by atoms with Crippen molar-refractivity contribution in [2.75, 3.05) is 7.11 Å². The van der Waals surface area contributed by atoms with Crippen molar-refractivity contribution < 1.29 is 4.74 Å². The van der Waals surface area contributed by atoms with Gasteiger partial charge in [0.05, 0.1) is 12.0 Å². The lowest BCUT2D eigenvalue weighted by Crippen LogP contribution is -2.01. The van der Waals surface area contributed by atoms with Gasteiger partial charge in [0, 0.05) is 22.9 Å². The van der Waals surface area contributed by atoms with Gasteiger partial charge >= 0.3 is 0 Å². The van der Waals surface area contributed by atoms with E-state index in [0.29, 0.717) is 6.61 Å². The van der Waals surface area contributed by atoms with E-state index in [0.717, 1.165) is 15.0 Å². The first kappa shape index (κ1) is 8.47. The average Bonchev–Trinajstić information content (AvgIpc) is 2.49. The number of rotatable bonds is 2. The van der Waals surface area contributed by atoms with Crippen molar-refractivity contribution >= 4 is 21.4 Å². The smallest absolute Gasteiger partial charge is 0.256 e. The highest BCUT2D eigenvalue weighted by Gasteiger charge is 2.03. The molecule has 0 unspecified atom stereocenters. The van der Waals surface area contributed by atoms with Crippen LogP contribution in [0.1, 0.15) is 4.88 Å². The molecule has 0 atom stereocenters. The number of nitrogens with one attached hydrogen (secondary N) is 1. The molecule has 68 valence electrons. The summed E-state index contributed by atoms with van der Waals surface area (Å²) in [5, 5.41) is 0.750. The first-order chi connectivity index (χ1) is 6.31. The van der Waals surface area contributed by atoms with Gasteiger partial charge in [-0.05, 0) is 12.1 Å². The Morgan fingerprint density at radius 2 is 2.46 bits per heavy atom. The van der Waals surface area contributed by atoms with Crippen LogP contribution >= 0.6 is 11.3 Å². The maximum atomic E-state index is 11.3. The second kappa shape index (κ2) is 3.32. The van der Waals surface area contributed by atoms with E-state index < -0.39 is 0 Å². The molecule has 1 N–H and O–H groups in total. The maximum absolute atomic E-state index is 11.3. The first-order valence-electron chi connectivity index (χ1n) is 3.90. The van der Waals surface area contributed by atoms with Crippen LogP contribution in [0, 0.1) is 0 Å². The van der Waals surface area contributed by atoms with Crippen LogP contribution in [-0.2, 0) is 11.3 Å². The molecule has 0 aromatic carbocycles. The SMILES string of the molecule is COCc1cc2c(=O)[nH]ccc2s1. The third-order valence-corrected chi connectivity index (χ3v) is 2.87. The standard InChI is InChI=1S/C9H9NO2S/c1-12-5-6-4-7-8(13-6)2-3-10-9(7)11/h2-4H,5H2,1H3,(H,10,11). The minimum Gasteiger partial charge on any atom is -0.379 e. The fourth-order valence-electron chi connectivity index (χ4n) is 1.24. The van der Waals surface area contributed by atoms with E-state index in [4.69, 9.17) is 4.74 Å². The number of methoxy groups -OCH3 is 1. The van der Waals surface area contributed by atoms with Crippen LogP contribution < -0.4 is 5.56 Å². The van der Waals surface area contributed by atoms with Gasteiger partial charge in [-0.15, -0.1) is 11.3 Å². The van der Waals surface area contributed by atoms with Crippen LogP contribution in [0.25, 0.3) is 10.1 Å². The van der Waals surface area contributed by atoms with Crippen molar-refractivity contribution in [3.8, 4) is 0 Å². The summed E-state index contributed by atoms with van der Waals surface area (Å²) in [6.07, 6.45) is 1.66. The Bertz CT molecular complexity index is 472. The van der Waals surface area contributed by atoms with Crippen molar-refractivity contribution in [1.29, 1.82) is 0 Å². The lowest BCUT2D eigenvalue weighted by Gasteiger charge is -1.89. The predicted octanol–water partition coefficient (Wildman–Crippen LogP) is 1.74. The molecule has 2 heterocycles. The zero-order valence-corrected chi connectivity index (χ0v) is 7.98. The number of pyridine rings is 1. The lowest BCUT2D eigenvalue weighted by atomic mass is 10.3. The Balaban J connectivity index is 2.62. The summed E-state index contributed by atoms with van der Waals surface area (Å²) in [5.41, 5.74) is -0.0314. The molecule has 2 aromatic heterocycles. The van der Waals surface area contributed by atoms with E-state index in [1.54, 1.807) is 24.6 Å². The summed E-state index contributed by atoms with van der Waals surface area (Å²) in [6.45, 7) is 0.568. The highest BCUT2D eigenvalue weighted by Crippen LogP contribution is 2.22. The Hall–Kier alpha value is -1.13. The van der Waals surface area contributed by atoms with Crippen LogP contribution in [0.4, 0.5) is 0 Å². The summed E-state index contributed by atoms with van der Waals surface area (Å²) in [5.74, 6) is 0. The van der Waals surface area contributed by atoms with E-state index >= 15 is 0 Å². The molecule has 0 bridgehead atoms. The van der Waals surface area contributed by atoms with Crippen LogP contribution in [0.15, 0.2) is 23.1 Å². The average molecular weight is 195 g/mol. The fraction of sp³-hybridized carbons (Fsp3) is 0.222. The third kappa shape index (κ3) is 1.50. The van der Waals surface area contributed by atoms with Gasteiger partial charge in [0.1, 0.15) is 0 Å². The zero-order chi connectivity index (χ0) is 9.26. The monoisotopic (exact) mass is 195 g/mol. The van der Waals surface area contributed by atoms with Crippen molar-refractivity contribution in [2.45, 2.75) is 6.61 Å². The molecule has 0 spiro atoms. The zero-order valence-electron chi connectivity index (χ0n) is 7.16. The Morgan fingerprint density at radius 1 is 1.62 bits per heavy atom. The van der Waals surface area contributed by atoms with Gasteiger partial charge in [0.25, 0.3) is 5.56 Å². The molecule has 4 heteroatoms. The largest absolute Gasteiger partial charge is 0.379 e. The Morgan fingerprint density at radius 3 is 3.15 bits per heavy atom. The van der Waals surface area contributed by atoms with Crippen molar-refractivity contribution in [2.24, 2.45) is 0 Å². The molecule has 0 saturated carbocycles. The van der Waals surface area contributed by atoms with Gasteiger partial charge in [-0.3, -0.25) is 4.79 Å². The number of aromatic amines is 1. The van der Waals surface area contributed by atoms with Crippen molar-refractivity contribution in [3.05, 3.63) is 33.6 Å². The molecule has 0 saturated heterocycles. The second-order valence-electron chi connectivity index (χ2n) is 2.73. The highest BCUT2D eigenvalue weighted by molar-refractivity contribution is 7.19. The van der Waals surface area contributed by atoms with Crippen LogP contribution in [0.3, 0.4) is 0 Å². The summed E-state index contributed by atoms with van der Waals surface area (Å²) in [6, 6.07) is 3.78. The van der Waals surface area contributed by atoms with E-state index in [-0.39, 0.29) is 5.56 Å². The van der Waals surface area contributed by atoms with Gasteiger partial charge < -0.3 is 9.72 Å². The predicted molar refractivity (Wildman–Crippen MR) is 53.2 cm³/mol. The number of hydrogen-bond acceptors (Lipinski definition) is 3. The molecule has 0 aliphatic carbocycles. The third-order valence-electron chi connectivity index (χ3n) is 1.79. The molecule has 13 heavy (non-hydrogen) atoms. The molecule has 0 amide bonds. The van der Waals surface area contributed by atoms with Gasteiger partial charge in [-0.1, -0.05) is 0 Å². The summed E-state index contributed by atoms with van der Waals surface area (Å²) in [4.78, 5) is 15.0. The summed E-state index contributed by atoms with van der Waals surface area (Å²) >= 11 is 1.59. The maximum Gasteiger partial charge on any atom is 0.256 e. The molecule has 2 aromatic rings.